The first-order valence-corrected chi connectivity index (χ1v) is 12.1. The van der Waals surface area contributed by atoms with Crippen molar-refractivity contribution < 1.29 is 19.2 Å². The predicted molar refractivity (Wildman–Crippen MR) is 138 cm³/mol. The normalized spacial score (nSPS) is 18.8. The monoisotopic (exact) mass is 509 g/mol. The van der Waals surface area contributed by atoms with E-state index in [-0.39, 0.29) is 35.1 Å². The van der Waals surface area contributed by atoms with Crippen LogP contribution in [0.4, 0.5) is 5.69 Å². The van der Waals surface area contributed by atoms with Crippen LogP contribution in [0, 0.1) is 21.4 Å². The quantitative estimate of drug-likeness (QED) is 0.210. The fourth-order valence-electron chi connectivity index (χ4n) is 4.64. The van der Waals surface area contributed by atoms with Crippen LogP contribution in [-0.2, 0) is 14.3 Å². The number of amides is 2. The second kappa shape index (κ2) is 10.2. The Kier molecular flexibility index (Phi) is 6.68. The van der Waals surface area contributed by atoms with Crippen molar-refractivity contribution >= 4 is 23.6 Å². The molecule has 0 radical (unpaired) electrons. The third-order valence-corrected chi connectivity index (χ3v) is 6.63. The number of rotatable bonds is 6. The summed E-state index contributed by atoms with van der Waals surface area (Å²) >= 11 is 0. The minimum atomic E-state index is -0.637. The van der Waals surface area contributed by atoms with Gasteiger partial charge in [-0.15, -0.1) is 0 Å². The molecular weight excluding hydrogens is 486 g/mol. The Labute approximate surface area is 218 Å². The van der Waals surface area contributed by atoms with Gasteiger partial charge in [-0.3, -0.25) is 24.6 Å². The van der Waals surface area contributed by atoms with Crippen LogP contribution in [0.25, 0.3) is 23.0 Å². The van der Waals surface area contributed by atoms with Gasteiger partial charge in [0, 0.05) is 41.6 Å². The Bertz CT molecular complexity index is 1540. The minimum absolute atomic E-state index is 0.0640. The molecule has 0 aliphatic carbocycles. The molecule has 2 aliphatic rings. The third kappa shape index (κ3) is 4.63. The zero-order chi connectivity index (χ0) is 26.8. The van der Waals surface area contributed by atoms with E-state index < -0.39 is 16.7 Å². The number of hydrogen-bond donors (Lipinski definition) is 0. The van der Waals surface area contributed by atoms with Gasteiger partial charge < -0.3 is 4.74 Å². The van der Waals surface area contributed by atoms with Crippen LogP contribution in [0.1, 0.15) is 25.3 Å². The van der Waals surface area contributed by atoms with Gasteiger partial charge in [-0.1, -0.05) is 30.3 Å². The van der Waals surface area contributed by atoms with Gasteiger partial charge in [0.2, 0.25) is 0 Å². The molecule has 5 rings (SSSR count). The standard InChI is InChI=1S/C28H23N5O5/c1-18-24(27(34)31(28(35)25(18)15-29)17-23-11-6-12-38-23)14-20-16-32(21-8-3-2-4-9-21)30-26(20)19-7-5-10-22(13-19)33(36)37/h2-5,7-10,13-14,16,23H,6,11-12,17H2,1H3/b24-14+. The summed E-state index contributed by atoms with van der Waals surface area (Å²) in [6.07, 6.45) is 4.59. The van der Waals surface area contributed by atoms with Crippen LogP contribution in [0.2, 0.25) is 0 Å². The Morgan fingerprint density at radius 2 is 1.97 bits per heavy atom. The molecule has 10 heteroatoms. The maximum Gasteiger partial charge on any atom is 0.271 e. The van der Waals surface area contributed by atoms with E-state index in [0.29, 0.717) is 23.4 Å². The van der Waals surface area contributed by atoms with Crippen molar-refractivity contribution in [2.24, 2.45) is 0 Å². The molecule has 2 amide bonds. The molecule has 10 nitrogen and oxygen atoms in total. The summed E-state index contributed by atoms with van der Waals surface area (Å²) in [5, 5.41) is 25.8. The number of carbonyl (C=O) groups is 2. The zero-order valence-corrected chi connectivity index (χ0v) is 20.5. The number of ether oxygens (including phenoxy) is 1. The van der Waals surface area contributed by atoms with Gasteiger partial charge in [0.1, 0.15) is 17.3 Å². The van der Waals surface area contributed by atoms with E-state index in [0.717, 1.165) is 23.4 Å². The maximum atomic E-state index is 13.6. The third-order valence-electron chi connectivity index (χ3n) is 6.63. The van der Waals surface area contributed by atoms with Crippen molar-refractivity contribution in [2.45, 2.75) is 25.9 Å². The summed E-state index contributed by atoms with van der Waals surface area (Å²) in [6, 6.07) is 17.3. The van der Waals surface area contributed by atoms with Gasteiger partial charge in [-0.25, -0.2) is 4.68 Å². The lowest BCUT2D eigenvalue weighted by Crippen LogP contribution is -2.46. The molecular formula is C28H23N5O5. The molecule has 1 unspecified atom stereocenters. The first-order valence-electron chi connectivity index (χ1n) is 12.1. The molecule has 3 heterocycles. The Hall–Kier alpha value is -4.88. The summed E-state index contributed by atoms with van der Waals surface area (Å²) in [6.45, 7) is 2.20. The Morgan fingerprint density at radius 1 is 1.18 bits per heavy atom. The number of imide groups is 1. The molecule has 3 aromatic rings. The van der Waals surface area contributed by atoms with Gasteiger partial charge >= 0.3 is 0 Å². The first-order chi connectivity index (χ1) is 18.4. The fraction of sp³-hybridized carbons (Fsp3) is 0.214. The molecule has 1 atom stereocenters. The molecule has 0 N–H and O–H groups in total. The van der Waals surface area contributed by atoms with Crippen LogP contribution in [-0.4, -0.2) is 50.7 Å². The molecule has 1 saturated heterocycles. The molecule has 0 saturated carbocycles. The van der Waals surface area contributed by atoms with Gasteiger partial charge in [0.15, 0.2) is 0 Å². The van der Waals surface area contributed by atoms with Crippen molar-refractivity contribution in [3.63, 3.8) is 0 Å². The molecule has 1 aromatic heterocycles. The van der Waals surface area contributed by atoms with Crippen molar-refractivity contribution in [3.8, 4) is 23.0 Å². The van der Waals surface area contributed by atoms with Crippen LogP contribution >= 0.6 is 0 Å². The summed E-state index contributed by atoms with van der Waals surface area (Å²) in [4.78, 5) is 38.6. The van der Waals surface area contributed by atoms with E-state index in [4.69, 9.17) is 4.74 Å². The number of para-hydroxylation sites is 1. The molecule has 38 heavy (non-hydrogen) atoms. The smallest absolute Gasteiger partial charge is 0.271 e. The number of non-ortho nitro benzene ring substituents is 1. The molecule has 2 aliphatic heterocycles. The van der Waals surface area contributed by atoms with E-state index in [9.17, 15) is 25.0 Å². The molecule has 1 fully saturated rings. The number of nitriles is 1. The highest BCUT2D eigenvalue weighted by atomic mass is 16.6. The van der Waals surface area contributed by atoms with Crippen molar-refractivity contribution in [1.82, 2.24) is 14.7 Å². The second-order valence-electron chi connectivity index (χ2n) is 9.05. The highest BCUT2D eigenvalue weighted by Crippen LogP contribution is 2.32. The van der Waals surface area contributed by atoms with Gasteiger partial charge in [0.05, 0.1) is 23.3 Å². The van der Waals surface area contributed by atoms with Crippen LogP contribution in [0.15, 0.2) is 77.5 Å². The van der Waals surface area contributed by atoms with E-state index >= 15 is 0 Å². The average molecular weight is 510 g/mol. The Morgan fingerprint density at radius 3 is 2.66 bits per heavy atom. The maximum absolute atomic E-state index is 13.6. The summed E-state index contributed by atoms with van der Waals surface area (Å²) in [7, 11) is 0. The van der Waals surface area contributed by atoms with Gasteiger partial charge in [-0.05, 0) is 43.5 Å². The van der Waals surface area contributed by atoms with Gasteiger partial charge in [0.25, 0.3) is 17.5 Å². The first kappa shape index (κ1) is 24.8. The largest absolute Gasteiger partial charge is 0.376 e. The zero-order valence-electron chi connectivity index (χ0n) is 20.5. The number of carbonyl (C=O) groups excluding carboxylic acids is 2. The average Bonchev–Trinajstić information content (AvgIpc) is 3.60. The minimum Gasteiger partial charge on any atom is -0.376 e. The fourth-order valence-corrected chi connectivity index (χ4v) is 4.64. The predicted octanol–water partition coefficient (Wildman–Crippen LogP) is 4.22. The van der Waals surface area contributed by atoms with Crippen LogP contribution < -0.4 is 0 Å². The summed E-state index contributed by atoms with van der Waals surface area (Å²) in [5.74, 6) is -1.17. The SMILES string of the molecule is CC1=C(C#N)C(=O)N(CC2CCCO2)C(=O)/C1=C/c1cn(-c2ccccc2)nc1-c1cccc([N+](=O)[O-])c1. The van der Waals surface area contributed by atoms with Gasteiger partial charge in [-0.2, -0.15) is 10.4 Å². The summed E-state index contributed by atoms with van der Waals surface area (Å²) < 4.78 is 7.25. The molecule has 0 bridgehead atoms. The van der Waals surface area contributed by atoms with E-state index in [2.05, 4.69) is 5.10 Å². The second-order valence-corrected chi connectivity index (χ2v) is 9.05. The highest BCUT2D eigenvalue weighted by Gasteiger charge is 2.37. The Balaban J connectivity index is 1.65. The van der Waals surface area contributed by atoms with E-state index in [1.165, 1.54) is 12.1 Å². The number of aromatic nitrogens is 2. The number of benzene rings is 2. The number of nitro groups is 1. The van der Waals surface area contributed by atoms with Crippen molar-refractivity contribution in [2.75, 3.05) is 13.2 Å². The van der Waals surface area contributed by atoms with E-state index in [1.54, 1.807) is 36.0 Å². The lowest BCUT2D eigenvalue weighted by Gasteiger charge is -2.29. The summed E-state index contributed by atoms with van der Waals surface area (Å²) in [5.41, 5.74) is 2.38. The number of nitro benzene ring substituents is 1. The topological polar surface area (TPSA) is 131 Å². The van der Waals surface area contributed by atoms with Crippen LogP contribution in [0.5, 0.6) is 0 Å². The number of nitrogens with zero attached hydrogens (tertiary/aromatic N) is 5. The lowest BCUT2D eigenvalue weighted by atomic mass is 9.93. The molecule has 0 spiro atoms. The molecule has 190 valence electrons. The number of hydrogen-bond acceptors (Lipinski definition) is 7. The van der Waals surface area contributed by atoms with Crippen LogP contribution in [0.3, 0.4) is 0 Å². The van der Waals surface area contributed by atoms with Crippen molar-refractivity contribution in [3.05, 3.63) is 93.2 Å². The highest BCUT2D eigenvalue weighted by molar-refractivity contribution is 6.19. The lowest BCUT2D eigenvalue weighted by molar-refractivity contribution is -0.384. The molecule has 2 aromatic carbocycles. The van der Waals surface area contributed by atoms with E-state index in [1.807, 2.05) is 36.4 Å². The van der Waals surface area contributed by atoms with Crippen molar-refractivity contribution in [1.29, 1.82) is 5.26 Å².